The molecular formula is C22H21FN4O5. The van der Waals surface area contributed by atoms with Gasteiger partial charge in [0.15, 0.2) is 17.6 Å². The number of hydrogen-bond donors (Lipinski definition) is 3. The highest BCUT2D eigenvalue weighted by atomic mass is 19.1. The summed E-state index contributed by atoms with van der Waals surface area (Å²) in [5.41, 5.74) is 0.374. The van der Waals surface area contributed by atoms with Crippen LogP contribution in [0.25, 0.3) is 11.0 Å². The van der Waals surface area contributed by atoms with Crippen molar-refractivity contribution in [1.82, 2.24) is 20.2 Å². The van der Waals surface area contributed by atoms with Crippen molar-refractivity contribution in [1.29, 1.82) is 0 Å². The lowest BCUT2D eigenvalue weighted by atomic mass is 10.0. The number of halogens is 1. The number of pyridine rings is 2. The van der Waals surface area contributed by atoms with E-state index in [1.165, 1.54) is 37.0 Å². The molecule has 0 fully saturated rings. The van der Waals surface area contributed by atoms with Gasteiger partial charge in [-0.1, -0.05) is 12.1 Å². The number of ether oxygens (including phenoxy) is 1. The summed E-state index contributed by atoms with van der Waals surface area (Å²) in [5.74, 6) is -1.84. The third-order valence-corrected chi connectivity index (χ3v) is 5.45. The van der Waals surface area contributed by atoms with Crippen molar-refractivity contribution < 1.29 is 23.8 Å². The standard InChI is InChI=1S/C22H21FN4O5/c1-24-20(29)14-7-8-27-17-16(18(28)15(22(27)31)21(30)25-2)26-10-12(19(17)32-14)9-11-3-5-13(23)6-4-11/h3-6,10,14,28H,7-9H2,1-2H3,(H,24,29)(H,25,30)/t14-/m1/s1. The van der Waals surface area contributed by atoms with Crippen molar-refractivity contribution >= 4 is 22.8 Å². The molecule has 0 saturated heterocycles. The van der Waals surface area contributed by atoms with Gasteiger partial charge in [0.2, 0.25) is 0 Å². The molecule has 3 heterocycles. The monoisotopic (exact) mass is 440 g/mol. The van der Waals surface area contributed by atoms with Crippen molar-refractivity contribution in [3.05, 3.63) is 63.3 Å². The van der Waals surface area contributed by atoms with Crippen molar-refractivity contribution in [2.24, 2.45) is 0 Å². The molecule has 0 spiro atoms. The molecule has 0 unspecified atom stereocenters. The van der Waals surface area contributed by atoms with Crippen LogP contribution in [0.15, 0.2) is 35.3 Å². The minimum Gasteiger partial charge on any atom is -0.505 e. The number of carbonyl (C=O) groups is 2. The minimum atomic E-state index is -0.900. The number of nitrogens with one attached hydrogen (secondary N) is 2. The number of aryl methyl sites for hydroxylation is 1. The summed E-state index contributed by atoms with van der Waals surface area (Å²) in [5, 5.41) is 15.6. The molecule has 4 rings (SSSR count). The summed E-state index contributed by atoms with van der Waals surface area (Å²) in [6, 6.07) is 5.87. The Bertz CT molecular complexity index is 1290. The zero-order valence-electron chi connectivity index (χ0n) is 17.4. The molecule has 10 heteroatoms. The smallest absolute Gasteiger partial charge is 0.267 e. The van der Waals surface area contributed by atoms with Crippen LogP contribution in [-0.4, -0.2) is 46.7 Å². The van der Waals surface area contributed by atoms with Gasteiger partial charge in [-0.3, -0.25) is 19.4 Å². The van der Waals surface area contributed by atoms with Crippen molar-refractivity contribution in [3.63, 3.8) is 0 Å². The van der Waals surface area contributed by atoms with Gasteiger partial charge in [0.1, 0.15) is 22.4 Å². The quantitative estimate of drug-likeness (QED) is 0.558. The van der Waals surface area contributed by atoms with Gasteiger partial charge < -0.3 is 25.0 Å². The summed E-state index contributed by atoms with van der Waals surface area (Å²) < 4.78 is 20.7. The molecule has 1 aliphatic heterocycles. The Kier molecular flexibility index (Phi) is 5.52. The lowest BCUT2D eigenvalue weighted by Gasteiger charge is -2.18. The normalized spacial score (nSPS) is 15.0. The van der Waals surface area contributed by atoms with Gasteiger partial charge in [-0.2, -0.15) is 0 Å². The predicted molar refractivity (Wildman–Crippen MR) is 113 cm³/mol. The second-order valence-corrected chi connectivity index (χ2v) is 7.38. The van der Waals surface area contributed by atoms with E-state index in [0.29, 0.717) is 5.56 Å². The molecular weight excluding hydrogens is 419 g/mol. The van der Waals surface area contributed by atoms with Gasteiger partial charge in [-0.25, -0.2) is 4.39 Å². The van der Waals surface area contributed by atoms with E-state index in [-0.39, 0.29) is 47.9 Å². The van der Waals surface area contributed by atoms with Crippen molar-refractivity contribution in [2.75, 3.05) is 14.1 Å². The van der Waals surface area contributed by atoms with Crippen LogP contribution < -0.4 is 20.9 Å². The highest BCUT2D eigenvalue weighted by Crippen LogP contribution is 2.37. The molecule has 2 aromatic heterocycles. The second kappa shape index (κ2) is 8.29. The fourth-order valence-electron chi connectivity index (χ4n) is 3.82. The molecule has 0 bridgehead atoms. The molecule has 0 radical (unpaired) electrons. The molecule has 3 N–H and O–H groups in total. The van der Waals surface area contributed by atoms with E-state index in [4.69, 9.17) is 4.74 Å². The first kappa shape index (κ1) is 21.3. The molecule has 166 valence electrons. The first-order valence-electron chi connectivity index (χ1n) is 9.97. The molecule has 0 saturated carbocycles. The molecule has 1 aliphatic rings. The van der Waals surface area contributed by atoms with Gasteiger partial charge in [-0.05, 0) is 17.7 Å². The van der Waals surface area contributed by atoms with E-state index >= 15 is 0 Å². The summed E-state index contributed by atoms with van der Waals surface area (Å²) in [6.07, 6.45) is 1.00. The Morgan fingerprint density at radius 2 is 1.97 bits per heavy atom. The molecule has 9 nitrogen and oxygen atoms in total. The Hall–Kier alpha value is -3.95. The zero-order valence-corrected chi connectivity index (χ0v) is 17.4. The predicted octanol–water partition coefficient (Wildman–Crippen LogP) is 1.09. The number of hydrogen-bond acceptors (Lipinski definition) is 6. The summed E-state index contributed by atoms with van der Waals surface area (Å²) in [6.45, 7) is 0.0758. The third-order valence-electron chi connectivity index (χ3n) is 5.45. The summed E-state index contributed by atoms with van der Waals surface area (Å²) in [7, 11) is 2.83. The topological polar surface area (TPSA) is 123 Å². The molecule has 1 aromatic carbocycles. The summed E-state index contributed by atoms with van der Waals surface area (Å²) in [4.78, 5) is 42.1. The molecule has 32 heavy (non-hydrogen) atoms. The van der Waals surface area contributed by atoms with Gasteiger partial charge in [0.05, 0.1) is 0 Å². The van der Waals surface area contributed by atoms with Crippen molar-refractivity contribution in [2.45, 2.75) is 25.5 Å². The van der Waals surface area contributed by atoms with Crippen LogP contribution in [0, 0.1) is 5.82 Å². The van der Waals surface area contributed by atoms with Crippen molar-refractivity contribution in [3.8, 4) is 11.5 Å². The molecule has 3 aromatic rings. The SMILES string of the molecule is CNC(=O)c1c(O)c2ncc(Cc3ccc(F)cc3)c3c2n(c1=O)CC[C@H](C(=O)NC)O3. The average Bonchev–Trinajstić information content (AvgIpc) is 3.00. The number of amides is 2. The lowest BCUT2D eigenvalue weighted by molar-refractivity contribution is -0.127. The first-order valence-corrected chi connectivity index (χ1v) is 9.97. The number of nitrogens with zero attached hydrogens (tertiary/aromatic N) is 2. The minimum absolute atomic E-state index is 0.0126. The van der Waals surface area contributed by atoms with Crippen LogP contribution in [0.4, 0.5) is 4.39 Å². The van der Waals surface area contributed by atoms with E-state index in [1.807, 2.05) is 0 Å². The number of benzene rings is 1. The number of aromatic nitrogens is 2. The van der Waals surface area contributed by atoms with Crippen LogP contribution in [0.2, 0.25) is 0 Å². The second-order valence-electron chi connectivity index (χ2n) is 7.38. The molecule has 1 atom stereocenters. The van der Waals surface area contributed by atoms with E-state index in [2.05, 4.69) is 15.6 Å². The van der Waals surface area contributed by atoms with Gasteiger partial charge >= 0.3 is 0 Å². The van der Waals surface area contributed by atoms with Crippen LogP contribution in [-0.2, 0) is 17.8 Å². The Labute approximate surface area is 181 Å². The van der Waals surface area contributed by atoms with Crippen LogP contribution >= 0.6 is 0 Å². The maximum Gasteiger partial charge on any atom is 0.267 e. The van der Waals surface area contributed by atoms with E-state index in [0.717, 1.165) is 5.56 Å². The summed E-state index contributed by atoms with van der Waals surface area (Å²) >= 11 is 0. The maximum absolute atomic E-state index is 13.3. The van der Waals surface area contributed by atoms with Crippen LogP contribution in [0.3, 0.4) is 0 Å². The largest absolute Gasteiger partial charge is 0.505 e. The Morgan fingerprint density at radius 1 is 1.25 bits per heavy atom. The fourth-order valence-corrected chi connectivity index (χ4v) is 3.82. The van der Waals surface area contributed by atoms with Crippen LogP contribution in [0.1, 0.15) is 27.9 Å². The number of rotatable bonds is 4. The van der Waals surface area contributed by atoms with Crippen LogP contribution in [0.5, 0.6) is 11.5 Å². The van der Waals surface area contributed by atoms with E-state index < -0.39 is 28.9 Å². The fraction of sp³-hybridized carbons (Fsp3) is 0.273. The third kappa shape index (κ3) is 3.53. The van der Waals surface area contributed by atoms with Gasteiger partial charge in [-0.15, -0.1) is 0 Å². The number of aromatic hydroxyl groups is 1. The zero-order chi connectivity index (χ0) is 23.0. The lowest BCUT2D eigenvalue weighted by Crippen LogP contribution is -2.37. The van der Waals surface area contributed by atoms with Gasteiger partial charge in [0.25, 0.3) is 17.4 Å². The number of carbonyl (C=O) groups excluding carboxylic acids is 2. The molecule has 2 amide bonds. The highest BCUT2D eigenvalue weighted by Gasteiger charge is 2.31. The Morgan fingerprint density at radius 3 is 2.62 bits per heavy atom. The number of likely N-dealkylation sites (N-methyl/N-ethyl adjacent to an activating group) is 1. The van der Waals surface area contributed by atoms with E-state index in [1.54, 1.807) is 12.1 Å². The highest BCUT2D eigenvalue weighted by molar-refractivity contribution is 6.02. The van der Waals surface area contributed by atoms with Gasteiger partial charge in [0, 0.05) is 45.2 Å². The molecule has 0 aliphatic carbocycles. The Balaban J connectivity index is 1.98. The maximum atomic E-state index is 13.3. The van der Waals surface area contributed by atoms with E-state index in [9.17, 15) is 23.9 Å². The average molecular weight is 440 g/mol. The first-order chi connectivity index (χ1) is 15.3.